The summed E-state index contributed by atoms with van der Waals surface area (Å²) in [6.07, 6.45) is 1.82. The van der Waals surface area contributed by atoms with E-state index < -0.39 is 0 Å². The van der Waals surface area contributed by atoms with Gasteiger partial charge in [0, 0.05) is 31.9 Å². The van der Waals surface area contributed by atoms with Crippen LogP contribution in [0.2, 0.25) is 0 Å². The summed E-state index contributed by atoms with van der Waals surface area (Å²) in [5.41, 5.74) is 3.25. The van der Waals surface area contributed by atoms with Crippen molar-refractivity contribution in [2.24, 2.45) is 0 Å². The summed E-state index contributed by atoms with van der Waals surface area (Å²) in [7, 11) is 5.66. The van der Waals surface area contributed by atoms with E-state index in [2.05, 4.69) is 44.7 Å². The lowest BCUT2D eigenvalue weighted by molar-refractivity contribution is -0.118. The number of anilines is 1. The van der Waals surface area contributed by atoms with Crippen LogP contribution in [-0.2, 0) is 11.2 Å². The van der Waals surface area contributed by atoms with Gasteiger partial charge in [0.05, 0.1) is 12.9 Å². The van der Waals surface area contributed by atoms with Crippen LogP contribution in [0, 0.1) is 0 Å². The number of benzene rings is 2. The molecule has 158 valence electrons. The second-order valence-corrected chi connectivity index (χ2v) is 7.83. The summed E-state index contributed by atoms with van der Waals surface area (Å²) in [6, 6.07) is 15.8. The van der Waals surface area contributed by atoms with Gasteiger partial charge in [-0.2, -0.15) is 0 Å². The van der Waals surface area contributed by atoms with Crippen molar-refractivity contribution in [1.29, 1.82) is 0 Å². The maximum absolute atomic E-state index is 12.1. The predicted molar refractivity (Wildman–Crippen MR) is 119 cm³/mol. The molecule has 0 saturated carbocycles. The van der Waals surface area contributed by atoms with Crippen LogP contribution < -0.4 is 15.0 Å². The normalized spacial score (nSPS) is 10.6. The Kier molecular flexibility index (Phi) is 7.73. The molecule has 1 heterocycles. The summed E-state index contributed by atoms with van der Waals surface area (Å²) in [6.45, 7) is 0.635. The highest BCUT2D eigenvalue weighted by atomic mass is 32.2. The number of rotatable bonds is 10. The van der Waals surface area contributed by atoms with Gasteiger partial charge in [0.1, 0.15) is 5.75 Å². The SMILES string of the molecule is COc1ccc(-c2nnc(SCC(=O)NCCCc3ccc(N(C)C)cc3)o2)cc1. The molecule has 0 fully saturated rings. The third kappa shape index (κ3) is 6.25. The average molecular weight is 427 g/mol. The number of amides is 1. The minimum Gasteiger partial charge on any atom is -0.497 e. The Labute approximate surface area is 180 Å². The number of carbonyl (C=O) groups excluding carboxylic acids is 1. The van der Waals surface area contributed by atoms with Crippen LogP contribution >= 0.6 is 11.8 Å². The lowest BCUT2D eigenvalue weighted by atomic mass is 10.1. The number of thioether (sulfide) groups is 1. The van der Waals surface area contributed by atoms with E-state index in [1.165, 1.54) is 23.0 Å². The monoisotopic (exact) mass is 426 g/mol. The highest BCUT2D eigenvalue weighted by Gasteiger charge is 2.11. The van der Waals surface area contributed by atoms with Gasteiger partial charge >= 0.3 is 0 Å². The molecule has 3 aromatic rings. The van der Waals surface area contributed by atoms with Gasteiger partial charge in [-0.25, -0.2) is 0 Å². The summed E-state index contributed by atoms with van der Waals surface area (Å²) >= 11 is 1.23. The Bertz CT molecular complexity index is 940. The number of aryl methyl sites for hydroxylation is 1. The fourth-order valence-electron chi connectivity index (χ4n) is 2.78. The molecule has 1 N–H and O–H groups in total. The number of hydrogen-bond acceptors (Lipinski definition) is 7. The molecule has 1 aromatic heterocycles. The van der Waals surface area contributed by atoms with Gasteiger partial charge in [-0.1, -0.05) is 23.9 Å². The number of nitrogens with one attached hydrogen (secondary N) is 1. The molecular formula is C22H26N4O3S. The Morgan fingerprint density at radius 3 is 2.50 bits per heavy atom. The van der Waals surface area contributed by atoms with E-state index >= 15 is 0 Å². The lowest BCUT2D eigenvalue weighted by Crippen LogP contribution is -2.26. The summed E-state index contributed by atoms with van der Waals surface area (Å²) in [5.74, 6) is 1.37. The van der Waals surface area contributed by atoms with Gasteiger partial charge in [-0.15, -0.1) is 10.2 Å². The zero-order valence-electron chi connectivity index (χ0n) is 17.4. The molecule has 8 heteroatoms. The van der Waals surface area contributed by atoms with Crippen LogP contribution in [0.4, 0.5) is 5.69 Å². The van der Waals surface area contributed by atoms with Crippen LogP contribution in [0.15, 0.2) is 58.2 Å². The van der Waals surface area contributed by atoms with E-state index in [1.807, 2.05) is 38.4 Å². The van der Waals surface area contributed by atoms with Gasteiger partial charge in [0.15, 0.2) is 0 Å². The van der Waals surface area contributed by atoms with Crippen molar-refractivity contribution in [3.8, 4) is 17.2 Å². The zero-order valence-corrected chi connectivity index (χ0v) is 18.2. The summed E-state index contributed by atoms with van der Waals surface area (Å²) < 4.78 is 10.8. The van der Waals surface area contributed by atoms with E-state index in [0.717, 1.165) is 24.2 Å². The molecule has 7 nitrogen and oxygen atoms in total. The fraction of sp³-hybridized carbons (Fsp3) is 0.318. The van der Waals surface area contributed by atoms with Crippen molar-refractivity contribution in [2.75, 3.05) is 38.4 Å². The number of nitrogens with zero attached hydrogens (tertiary/aromatic N) is 3. The van der Waals surface area contributed by atoms with Gasteiger partial charge in [0.25, 0.3) is 5.22 Å². The molecule has 0 radical (unpaired) electrons. The van der Waals surface area contributed by atoms with Crippen molar-refractivity contribution in [3.63, 3.8) is 0 Å². The Balaban J connectivity index is 1.37. The molecule has 1 amide bonds. The van der Waals surface area contributed by atoms with E-state index in [9.17, 15) is 4.79 Å². The first-order chi connectivity index (χ1) is 14.5. The molecule has 3 rings (SSSR count). The fourth-order valence-corrected chi connectivity index (χ4v) is 3.37. The molecule has 2 aromatic carbocycles. The molecule has 30 heavy (non-hydrogen) atoms. The van der Waals surface area contributed by atoms with Crippen molar-refractivity contribution < 1.29 is 13.9 Å². The highest BCUT2D eigenvalue weighted by Crippen LogP contribution is 2.24. The minimum absolute atomic E-state index is 0.0489. The van der Waals surface area contributed by atoms with Crippen LogP contribution in [0.3, 0.4) is 0 Å². The highest BCUT2D eigenvalue weighted by molar-refractivity contribution is 7.99. The summed E-state index contributed by atoms with van der Waals surface area (Å²) in [4.78, 5) is 14.1. The number of aromatic nitrogens is 2. The maximum atomic E-state index is 12.1. The molecule has 0 aliphatic rings. The number of hydrogen-bond donors (Lipinski definition) is 1. The largest absolute Gasteiger partial charge is 0.497 e. The van der Waals surface area contributed by atoms with Gasteiger partial charge in [0.2, 0.25) is 11.8 Å². The Morgan fingerprint density at radius 1 is 1.10 bits per heavy atom. The number of methoxy groups -OCH3 is 1. The average Bonchev–Trinajstić information content (AvgIpc) is 3.25. The Hall–Kier alpha value is -3.00. The van der Waals surface area contributed by atoms with Crippen molar-refractivity contribution >= 4 is 23.4 Å². The third-order valence-corrected chi connectivity index (χ3v) is 5.31. The first-order valence-corrected chi connectivity index (χ1v) is 10.7. The van der Waals surface area contributed by atoms with Gasteiger partial charge < -0.3 is 19.4 Å². The molecule has 0 bridgehead atoms. The van der Waals surface area contributed by atoms with Crippen molar-refractivity contribution in [2.45, 2.75) is 18.1 Å². The molecule has 0 saturated heterocycles. The number of carbonyl (C=O) groups is 1. The van der Waals surface area contributed by atoms with Crippen LogP contribution in [0.1, 0.15) is 12.0 Å². The van der Waals surface area contributed by atoms with E-state index in [1.54, 1.807) is 7.11 Å². The minimum atomic E-state index is -0.0489. The quantitative estimate of drug-likeness (QED) is 0.391. The smallest absolute Gasteiger partial charge is 0.277 e. The number of ether oxygens (including phenoxy) is 1. The van der Waals surface area contributed by atoms with E-state index in [4.69, 9.17) is 9.15 Å². The molecule has 0 atom stereocenters. The van der Waals surface area contributed by atoms with Crippen molar-refractivity contribution in [3.05, 3.63) is 54.1 Å². The van der Waals surface area contributed by atoms with Crippen LogP contribution in [0.25, 0.3) is 11.5 Å². The van der Waals surface area contributed by atoms with E-state index in [-0.39, 0.29) is 11.7 Å². The van der Waals surface area contributed by atoms with Crippen LogP contribution in [-0.4, -0.2) is 49.6 Å². The summed E-state index contributed by atoms with van der Waals surface area (Å²) in [5, 5.41) is 11.3. The van der Waals surface area contributed by atoms with Gasteiger partial charge in [-0.05, 0) is 54.8 Å². The third-order valence-electron chi connectivity index (χ3n) is 4.49. The van der Waals surface area contributed by atoms with Gasteiger partial charge in [-0.3, -0.25) is 4.79 Å². The van der Waals surface area contributed by atoms with Crippen molar-refractivity contribution in [1.82, 2.24) is 15.5 Å². The Morgan fingerprint density at radius 2 is 1.83 bits per heavy atom. The standard InChI is InChI=1S/C22H26N4O3S/c1-26(2)18-10-6-16(7-11-18)5-4-14-23-20(27)15-30-22-25-24-21(29-22)17-8-12-19(28-3)13-9-17/h6-13H,4-5,14-15H2,1-3H3,(H,23,27). The molecule has 0 unspecified atom stereocenters. The topological polar surface area (TPSA) is 80.5 Å². The molecule has 0 aliphatic carbocycles. The maximum Gasteiger partial charge on any atom is 0.277 e. The predicted octanol–water partition coefficient (Wildman–Crippen LogP) is 3.65. The zero-order chi connectivity index (χ0) is 21.3. The van der Waals surface area contributed by atoms with E-state index in [0.29, 0.717) is 17.7 Å². The second kappa shape index (κ2) is 10.7. The first-order valence-electron chi connectivity index (χ1n) is 9.69. The first kappa shape index (κ1) is 21.7. The molecule has 0 spiro atoms. The lowest BCUT2D eigenvalue weighted by Gasteiger charge is -2.12. The molecule has 0 aliphatic heterocycles. The second-order valence-electron chi connectivity index (χ2n) is 6.90. The van der Waals surface area contributed by atoms with Crippen LogP contribution in [0.5, 0.6) is 5.75 Å². The molecular weight excluding hydrogens is 400 g/mol.